The van der Waals surface area contributed by atoms with Crippen molar-refractivity contribution in [2.75, 3.05) is 24.2 Å². The Morgan fingerprint density at radius 2 is 1.79 bits per heavy atom. The summed E-state index contributed by atoms with van der Waals surface area (Å²) in [6.45, 7) is 5.42. The van der Waals surface area contributed by atoms with Crippen LogP contribution in [-0.2, 0) is 4.79 Å². The van der Waals surface area contributed by atoms with Gasteiger partial charge in [-0.2, -0.15) is 0 Å². The summed E-state index contributed by atoms with van der Waals surface area (Å²) in [6.07, 6.45) is 1.56. The fourth-order valence-electron chi connectivity index (χ4n) is 3.23. The van der Waals surface area contributed by atoms with E-state index in [1.54, 1.807) is 16.7 Å². The molecular weight excluding hydrogens is 370 g/mol. The number of anilines is 1. The van der Waals surface area contributed by atoms with E-state index in [2.05, 4.69) is 42.7 Å². The predicted molar refractivity (Wildman–Crippen MR) is 115 cm³/mol. The van der Waals surface area contributed by atoms with Crippen molar-refractivity contribution in [1.29, 1.82) is 0 Å². The molecular formula is C22H27N3O2S. The van der Waals surface area contributed by atoms with E-state index in [1.165, 1.54) is 11.1 Å². The van der Waals surface area contributed by atoms with E-state index >= 15 is 0 Å². The minimum absolute atomic E-state index is 0.0538. The van der Waals surface area contributed by atoms with Crippen molar-refractivity contribution < 1.29 is 9.59 Å². The van der Waals surface area contributed by atoms with Crippen LogP contribution in [0.2, 0.25) is 0 Å². The Hall–Kier alpha value is -2.47. The first kappa shape index (κ1) is 20.3. The second-order valence-corrected chi connectivity index (χ2v) is 8.20. The van der Waals surface area contributed by atoms with E-state index in [1.807, 2.05) is 30.3 Å². The van der Waals surface area contributed by atoms with Gasteiger partial charge in [0.05, 0.1) is 5.75 Å². The summed E-state index contributed by atoms with van der Waals surface area (Å²) in [5.41, 5.74) is 3.20. The molecule has 3 rings (SSSR count). The van der Waals surface area contributed by atoms with Gasteiger partial charge in [-0.25, -0.2) is 4.79 Å². The van der Waals surface area contributed by atoms with E-state index < -0.39 is 0 Å². The molecule has 5 nitrogen and oxygen atoms in total. The van der Waals surface area contributed by atoms with Crippen LogP contribution in [0.3, 0.4) is 0 Å². The Bertz CT molecular complexity index is 818. The van der Waals surface area contributed by atoms with Crippen LogP contribution in [0.4, 0.5) is 10.5 Å². The number of nitrogens with zero attached hydrogens (tertiary/aromatic N) is 1. The van der Waals surface area contributed by atoms with Crippen molar-refractivity contribution in [3.63, 3.8) is 0 Å². The Morgan fingerprint density at radius 3 is 2.50 bits per heavy atom. The summed E-state index contributed by atoms with van der Waals surface area (Å²) >= 11 is 1.58. The third-order valence-electron chi connectivity index (χ3n) is 4.87. The number of likely N-dealkylation sites (tertiary alicyclic amines) is 1. The molecule has 6 heteroatoms. The first-order valence-corrected chi connectivity index (χ1v) is 10.6. The standard InChI is InChI=1S/C22H27N3O2S/c1-16-8-9-17(2)20(14-16)28-15-21(26)23-19-10-12-25(13-11-19)22(27)24-18-6-4-3-5-7-18/h3-9,14,19H,10-13,15H2,1-2H3,(H,23,26)(H,24,27). The highest BCUT2D eigenvalue weighted by Crippen LogP contribution is 2.23. The number of thioether (sulfide) groups is 1. The molecule has 0 radical (unpaired) electrons. The van der Waals surface area contributed by atoms with Crippen molar-refractivity contribution in [2.45, 2.75) is 37.6 Å². The lowest BCUT2D eigenvalue weighted by molar-refractivity contribution is -0.119. The number of aryl methyl sites for hydroxylation is 2. The Kier molecular flexibility index (Phi) is 6.98. The van der Waals surface area contributed by atoms with Gasteiger partial charge in [0.1, 0.15) is 0 Å². The number of hydrogen-bond acceptors (Lipinski definition) is 3. The average molecular weight is 398 g/mol. The van der Waals surface area contributed by atoms with Gasteiger partial charge >= 0.3 is 6.03 Å². The Balaban J connectivity index is 1.40. The van der Waals surface area contributed by atoms with E-state index in [4.69, 9.17) is 0 Å². The summed E-state index contributed by atoms with van der Waals surface area (Å²) in [6, 6.07) is 15.8. The zero-order valence-corrected chi connectivity index (χ0v) is 17.2. The van der Waals surface area contributed by atoms with Crippen LogP contribution >= 0.6 is 11.8 Å². The lowest BCUT2D eigenvalue weighted by Crippen LogP contribution is -2.48. The van der Waals surface area contributed by atoms with Crippen LogP contribution in [0.5, 0.6) is 0 Å². The maximum Gasteiger partial charge on any atom is 0.321 e. The number of carbonyl (C=O) groups is 2. The molecule has 2 aromatic carbocycles. The monoisotopic (exact) mass is 397 g/mol. The van der Waals surface area contributed by atoms with Gasteiger partial charge < -0.3 is 15.5 Å². The predicted octanol–water partition coefficient (Wildman–Crippen LogP) is 4.21. The Morgan fingerprint density at radius 1 is 1.07 bits per heavy atom. The minimum Gasteiger partial charge on any atom is -0.353 e. The molecule has 2 aromatic rings. The molecule has 1 aliphatic rings. The van der Waals surface area contributed by atoms with E-state index in [0.29, 0.717) is 18.8 Å². The fraction of sp³-hybridized carbons (Fsp3) is 0.364. The number of rotatable bonds is 5. The van der Waals surface area contributed by atoms with Crippen molar-refractivity contribution in [1.82, 2.24) is 10.2 Å². The van der Waals surface area contributed by atoms with Crippen LogP contribution in [0.1, 0.15) is 24.0 Å². The molecule has 0 aromatic heterocycles. The fourth-order valence-corrected chi connectivity index (χ4v) is 4.16. The smallest absolute Gasteiger partial charge is 0.321 e. The molecule has 0 saturated carbocycles. The summed E-state index contributed by atoms with van der Waals surface area (Å²) in [7, 11) is 0. The molecule has 0 atom stereocenters. The highest BCUT2D eigenvalue weighted by Gasteiger charge is 2.24. The van der Waals surface area contributed by atoms with Crippen LogP contribution < -0.4 is 10.6 Å². The zero-order valence-electron chi connectivity index (χ0n) is 16.4. The third kappa shape index (κ3) is 5.76. The van der Waals surface area contributed by atoms with E-state index in [0.717, 1.165) is 23.4 Å². The highest BCUT2D eigenvalue weighted by molar-refractivity contribution is 8.00. The third-order valence-corrected chi connectivity index (χ3v) is 6.03. The number of urea groups is 1. The first-order valence-electron chi connectivity index (χ1n) is 9.61. The molecule has 3 amide bonds. The first-order chi connectivity index (χ1) is 13.5. The summed E-state index contributed by atoms with van der Waals surface area (Å²) in [4.78, 5) is 27.6. The van der Waals surface area contributed by atoms with Crippen molar-refractivity contribution in [3.8, 4) is 0 Å². The number of piperidine rings is 1. The van der Waals surface area contributed by atoms with Crippen LogP contribution in [-0.4, -0.2) is 41.7 Å². The lowest BCUT2D eigenvalue weighted by atomic mass is 10.1. The zero-order chi connectivity index (χ0) is 19.9. The SMILES string of the molecule is Cc1ccc(C)c(SCC(=O)NC2CCN(C(=O)Nc3ccccc3)CC2)c1. The van der Waals surface area contributed by atoms with Gasteiger partial charge in [0.15, 0.2) is 0 Å². The van der Waals surface area contributed by atoms with Gasteiger partial charge in [0, 0.05) is 29.7 Å². The summed E-state index contributed by atoms with van der Waals surface area (Å²) in [5, 5.41) is 6.03. The highest BCUT2D eigenvalue weighted by atomic mass is 32.2. The molecule has 0 spiro atoms. The van der Waals surface area contributed by atoms with Gasteiger partial charge in [-0.05, 0) is 50.5 Å². The van der Waals surface area contributed by atoms with E-state index in [9.17, 15) is 9.59 Å². The number of amides is 3. The molecule has 0 unspecified atom stereocenters. The van der Waals surface area contributed by atoms with E-state index in [-0.39, 0.29) is 18.0 Å². The topological polar surface area (TPSA) is 61.4 Å². The molecule has 2 N–H and O–H groups in total. The molecule has 0 bridgehead atoms. The number of hydrogen-bond donors (Lipinski definition) is 2. The number of para-hydroxylation sites is 1. The van der Waals surface area contributed by atoms with Gasteiger partial charge in [-0.3, -0.25) is 4.79 Å². The van der Waals surface area contributed by atoms with Gasteiger partial charge in [-0.15, -0.1) is 11.8 Å². The number of carbonyl (C=O) groups excluding carboxylic acids is 2. The second-order valence-electron chi connectivity index (χ2n) is 7.18. The summed E-state index contributed by atoms with van der Waals surface area (Å²) < 4.78 is 0. The molecule has 148 valence electrons. The van der Waals surface area contributed by atoms with Gasteiger partial charge in [-0.1, -0.05) is 35.9 Å². The molecule has 1 saturated heterocycles. The number of nitrogens with one attached hydrogen (secondary N) is 2. The van der Waals surface area contributed by atoms with Crippen molar-refractivity contribution >= 4 is 29.4 Å². The normalized spacial score (nSPS) is 14.6. The molecule has 28 heavy (non-hydrogen) atoms. The summed E-state index contributed by atoms with van der Waals surface area (Å²) in [5.74, 6) is 0.469. The average Bonchev–Trinajstić information content (AvgIpc) is 2.70. The van der Waals surface area contributed by atoms with Crippen molar-refractivity contribution in [3.05, 3.63) is 59.7 Å². The lowest BCUT2D eigenvalue weighted by Gasteiger charge is -2.32. The maximum atomic E-state index is 12.3. The van der Waals surface area contributed by atoms with Crippen LogP contribution in [0.15, 0.2) is 53.4 Å². The molecule has 1 aliphatic heterocycles. The molecule has 1 heterocycles. The van der Waals surface area contributed by atoms with Crippen LogP contribution in [0, 0.1) is 13.8 Å². The maximum absolute atomic E-state index is 12.3. The van der Waals surface area contributed by atoms with Gasteiger partial charge in [0.25, 0.3) is 0 Å². The quantitative estimate of drug-likeness (QED) is 0.743. The van der Waals surface area contributed by atoms with Crippen LogP contribution in [0.25, 0.3) is 0 Å². The molecule has 1 fully saturated rings. The second kappa shape index (κ2) is 9.64. The molecule has 0 aliphatic carbocycles. The Labute approximate surface area is 170 Å². The van der Waals surface area contributed by atoms with Crippen molar-refractivity contribution in [2.24, 2.45) is 0 Å². The van der Waals surface area contributed by atoms with Gasteiger partial charge in [0.2, 0.25) is 5.91 Å². The largest absolute Gasteiger partial charge is 0.353 e. The minimum atomic E-state index is -0.0820. The number of benzene rings is 2.